The molecule has 1 heterocycles. The van der Waals surface area contributed by atoms with Gasteiger partial charge in [0.25, 0.3) is 0 Å². The van der Waals surface area contributed by atoms with Crippen LogP contribution in [0.5, 0.6) is 0 Å². The van der Waals surface area contributed by atoms with Crippen LogP contribution >= 0.6 is 0 Å². The quantitative estimate of drug-likeness (QED) is 0.759. The number of H-pyrrole nitrogens is 1. The van der Waals surface area contributed by atoms with Gasteiger partial charge in [-0.05, 0) is 25.5 Å². The van der Waals surface area contributed by atoms with Crippen LogP contribution in [-0.4, -0.2) is 27.1 Å². The molecule has 6 nitrogen and oxygen atoms in total. The average molecular weight is 287 g/mol. The molecule has 1 aromatic heterocycles. The molecule has 1 aromatic carbocycles. The minimum atomic E-state index is -0.494. The number of carbonyl (C=O) groups excluding carboxylic acids is 1. The number of unbranched alkanes of at least 4 members (excludes halogenated alkanes) is 1. The van der Waals surface area contributed by atoms with Gasteiger partial charge in [-0.1, -0.05) is 31.9 Å². The zero-order chi connectivity index (χ0) is 15.2. The number of para-hydroxylation sites is 1. The Bertz CT molecular complexity index is 608. The summed E-state index contributed by atoms with van der Waals surface area (Å²) in [6.45, 7) is 3.91. The van der Waals surface area contributed by atoms with Crippen LogP contribution in [0.2, 0.25) is 0 Å². The number of amides is 1. The highest BCUT2D eigenvalue weighted by molar-refractivity contribution is 5.97. The van der Waals surface area contributed by atoms with Crippen molar-refractivity contribution in [3.8, 4) is 11.4 Å². The summed E-state index contributed by atoms with van der Waals surface area (Å²) in [4.78, 5) is 16.4. The molecule has 0 fully saturated rings. The number of carbonyl (C=O) groups is 1. The van der Waals surface area contributed by atoms with Crippen molar-refractivity contribution in [2.45, 2.75) is 39.2 Å². The molecule has 112 valence electrons. The first-order valence-electron chi connectivity index (χ1n) is 7.16. The molecule has 0 radical (unpaired) electrons. The third kappa shape index (κ3) is 3.88. The van der Waals surface area contributed by atoms with E-state index in [1.54, 1.807) is 0 Å². The lowest BCUT2D eigenvalue weighted by atomic mass is 10.1. The molecule has 21 heavy (non-hydrogen) atoms. The topological polar surface area (TPSA) is 96.7 Å². The third-order valence-electron chi connectivity index (χ3n) is 3.23. The van der Waals surface area contributed by atoms with Crippen molar-refractivity contribution in [2.24, 2.45) is 5.73 Å². The Labute approximate surface area is 124 Å². The van der Waals surface area contributed by atoms with E-state index in [1.807, 2.05) is 31.2 Å². The summed E-state index contributed by atoms with van der Waals surface area (Å²) in [6.07, 6.45) is 2.65. The van der Waals surface area contributed by atoms with Crippen molar-refractivity contribution in [1.82, 2.24) is 15.2 Å². The van der Waals surface area contributed by atoms with Crippen molar-refractivity contribution < 1.29 is 4.79 Å². The lowest BCUT2D eigenvalue weighted by Crippen LogP contribution is -2.35. The van der Waals surface area contributed by atoms with Gasteiger partial charge in [0.1, 0.15) is 5.82 Å². The highest BCUT2D eigenvalue weighted by Gasteiger charge is 2.16. The van der Waals surface area contributed by atoms with Crippen LogP contribution in [0, 0.1) is 6.92 Å². The number of benzene rings is 1. The maximum atomic E-state index is 12.1. The van der Waals surface area contributed by atoms with E-state index in [0.29, 0.717) is 17.9 Å². The monoisotopic (exact) mass is 287 g/mol. The molecule has 0 aliphatic carbocycles. The van der Waals surface area contributed by atoms with Crippen LogP contribution in [0.15, 0.2) is 24.3 Å². The van der Waals surface area contributed by atoms with E-state index >= 15 is 0 Å². The van der Waals surface area contributed by atoms with E-state index in [0.717, 1.165) is 24.2 Å². The van der Waals surface area contributed by atoms with Gasteiger partial charge in [-0.2, -0.15) is 5.10 Å². The smallest absolute Gasteiger partial charge is 0.241 e. The van der Waals surface area contributed by atoms with Gasteiger partial charge in [-0.15, -0.1) is 0 Å². The molecule has 1 amide bonds. The number of nitrogens with one attached hydrogen (secondary N) is 2. The molecule has 4 N–H and O–H groups in total. The highest BCUT2D eigenvalue weighted by atomic mass is 16.2. The lowest BCUT2D eigenvalue weighted by Gasteiger charge is -2.13. The van der Waals surface area contributed by atoms with Crippen molar-refractivity contribution in [1.29, 1.82) is 0 Å². The first kappa shape index (κ1) is 15.2. The second-order valence-corrected chi connectivity index (χ2v) is 5.03. The molecule has 2 aromatic rings. The number of aryl methyl sites for hydroxylation is 1. The molecule has 0 bridgehead atoms. The van der Waals surface area contributed by atoms with Crippen LogP contribution in [0.1, 0.15) is 32.0 Å². The number of hydrogen-bond acceptors (Lipinski definition) is 4. The molecule has 0 saturated heterocycles. The number of aromatic amines is 1. The maximum Gasteiger partial charge on any atom is 0.241 e. The molecule has 0 aliphatic rings. The summed E-state index contributed by atoms with van der Waals surface area (Å²) in [7, 11) is 0. The Hall–Kier alpha value is -2.21. The van der Waals surface area contributed by atoms with Crippen molar-refractivity contribution in [2.75, 3.05) is 5.32 Å². The fourth-order valence-electron chi connectivity index (χ4n) is 2.03. The fourth-order valence-corrected chi connectivity index (χ4v) is 2.03. The third-order valence-corrected chi connectivity index (χ3v) is 3.23. The Morgan fingerprint density at radius 2 is 2.19 bits per heavy atom. The van der Waals surface area contributed by atoms with Crippen molar-refractivity contribution >= 4 is 11.6 Å². The summed E-state index contributed by atoms with van der Waals surface area (Å²) in [5.41, 5.74) is 7.34. The molecule has 0 saturated carbocycles. The predicted octanol–water partition coefficient (Wildman–Crippen LogP) is 2.24. The van der Waals surface area contributed by atoms with Crippen LogP contribution in [0.4, 0.5) is 5.69 Å². The van der Waals surface area contributed by atoms with Crippen LogP contribution in [0.3, 0.4) is 0 Å². The van der Waals surface area contributed by atoms with Gasteiger partial charge < -0.3 is 11.1 Å². The van der Waals surface area contributed by atoms with E-state index in [4.69, 9.17) is 5.73 Å². The first-order chi connectivity index (χ1) is 10.1. The van der Waals surface area contributed by atoms with Gasteiger partial charge in [0.05, 0.1) is 11.7 Å². The fraction of sp³-hybridized carbons (Fsp3) is 0.400. The lowest BCUT2D eigenvalue weighted by molar-refractivity contribution is -0.117. The van der Waals surface area contributed by atoms with Crippen molar-refractivity contribution in [3.63, 3.8) is 0 Å². The van der Waals surface area contributed by atoms with Crippen LogP contribution in [-0.2, 0) is 4.79 Å². The van der Waals surface area contributed by atoms with Crippen molar-refractivity contribution in [3.05, 3.63) is 30.1 Å². The van der Waals surface area contributed by atoms with Gasteiger partial charge in [0.15, 0.2) is 5.82 Å². The molecule has 2 rings (SSSR count). The largest absolute Gasteiger partial charge is 0.324 e. The second-order valence-electron chi connectivity index (χ2n) is 5.03. The van der Waals surface area contributed by atoms with Crippen LogP contribution < -0.4 is 11.1 Å². The van der Waals surface area contributed by atoms with E-state index in [2.05, 4.69) is 27.4 Å². The summed E-state index contributed by atoms with van der Waals surface area (Å²) in [6, 6.07) is 6.94. The standard InChI is InChI=1S/C15H21N5O/c1-3-4-8-12(16)15(21)18-13-9-6-5-7-11(13)14-17-10(2)19-20-14/h5-7,9,12H,3-4,8,16H2,1-2H3,(H,18,21)(H,17,19,20)/t12-/m0/s1. The van der Waals surface area contributed by atoms with E-state index in [-0.39, 0.29) is 5.91 Å². The summed E-state index contributed by atoms with van der Waals surface area (Å²) < 4.78 is 0. The minimum Gasteiger partial charge on any atom is -0.324 e. The Balaban J connectivity index is 2.15. The Morgan fingerprint density at radius 1 is 1.43 bits per heavy atom. The minimum absolute atomic E-state index is 0.178. The summed E-state index contributed by atoms with van der Waals surface area (Å²) in [5.74, 6) is 1.11. The SMILES string of the molecule is CCCC[C@H](N)C(=O)Nc1ccccc1-c1n[nH]c(C)n1. The number of nitrogens with two attached hydrogens (primary N) is 1. The van der Waals surface area contributed by atoms with E-state index in [1.165, 1.54) is 0 Å². The molecule has 6 heteroatoms. The average Bonchev–Trinajstić information content (AvgIpc) is 2.91. The number of aromatic nitrogens is 3. The molecule has 1 atom stereocenters. The molecule has 0 unspecified atom stereocenters. The normalized spacial score (nSPS) is 12.1. The van der Waals surface area contributed by atoms with Gasteiger partial charge in [0, 0.05) is 5.56 Å². The first-order valence-corrected chi connectivity index (χ1v) is 7.16. The predicted molar refractivity (Wildman–Crippen MR) is 82.7 cm³/mol. The summed E-state index contributed by atoms with van der Waals surface area (Å²) >= 11 is 0. The highest BCUT2D eigenvalue weighted by Crippen LogP contribution is 2.24. The van der Waals surface area contributed by atoms with E-state index < -0.39 is 6.04 Å². The number of hydrogen-bond donors (Lipinski definition) is 3. The van der Waals surface area contributed by atoms with Gasteiger partial charge >= 0.3 is 0 Å². The molecule has 0 aliphatic heterocycles. The number of nitrogens with zero attached hydrogens (tertiary/aromatic N) is 2. The van der Waals surface area contributed by atoms with Gasteiger partial charge in [0.2, 0.25) is 5.91 Å². The van der Waals surface area contributed by atoms with E-state index in [9.17, 15) is 4.79 Å². The Kier molecular flexibility index (Phi) is 5.05. The number of rotatable bonds is 6. The summed E-state index contributed by atoms with van der Waals surface area (Å²) in [5, 5.41) is 9.80. The van der Waals surface area contributed by atoms with Gasteiger partial charge in [-0.25, -0.2) is 4.98 Å². The molecular formula is C15H21N5O. The Morgan fingerprint density at radius 3 is 2.86 bits per heavy atom. The number of anilines is 1. The molecule has 0 spiro atoms. The van der Waals surface area contributed by atoms with Gasteiger partial charge in [-0.3, -0.25) is 9.89 Å². The zero-order valence-electron chi connectivity index (χ0n) is 12.4. The molecular weight excluding hydrogens is 266 g/mol. The maximum absolute atomic E-state index is 12.1. The van der Waals surface area contributed by atoms with Crippen LogP contribution in [0.25, 0.3) is 11.4 Å². The second kappa shape index (κ2) is 6.99. The zero-order valence-corrected chi connectivity index (χ0v) is 12.4.